The van der Waals surface area contributed by atoms with Crippen molar-refractivity contribution in [2.45, 2.75) is 17.4 Å². The van der Waals surface area contributed by atoms with E-state index in [4.69, 9.17) is 0 Å². The van der Waals surface area contributed by atoms with Crippen LogP contribution >= 0.6 is 11.8 Å². The fraction of sp³-hybridized carbons (Fsp3) is 0.214. The fourth-order valence-electron chi connectivity index (χ4n) is 2.18. The first-order valence-corrected chi connectivity index (χ1v) is 7.22. The van der Waals surface area contributed by atoms with Crippen molar-refractivity contribution in [2.75, 3.05) is 5.75 Å². The molecule has 1 aliphatic heterocycles. The topological polar surface area (TPSA) is 54.9 Å². The number of nitrogens with zero attached hydrogens (tertiary/aromatic N) is 2. The SMILES string of the molecule is O=C(NC1CCSc2c(F)cccc21)c1cnccn1. The molecule has 1 aromatic carbocycles. The predicted octanol–water partition coefficient (Wildman–Crippen LogP) is 2.58. The number of fused-ring (bicyclic) bond motifs is 1. The van der Waals surface area contributed by atoms with E-state index in [9.17, 15) is 9.18 Å². The molecule has 6 heteroatoms. The summed E-state index contributed by atoms with van der Waals surface area (Å²) in [5.41, 5.74) is 1.10. The van der Waals surface area contributed by atoms with Crippen molar-refractivity contribution in [3.8, 4) is 0 Å². The minimum absolute atomic E-state index is 0.184. The number of amides is 1. The fourth-order valence-corrected chi connectivity index (χ4v) is 3.33. The van der Waals surface area contributed by atoms with Crippen LogP contribution in [0, 0.1) is 5.82 Å². The molecular weight excluding hydrogens is 277 g/mol. The number of carbonyl (C=O) groups is 1. The highest BCUT2D eigenvalue weighted by molar-refractivity contribution is 7.99. The summed E-state index contributed by atoms with van der Waals surface area (Å²) < 4.78 is 13.7. The Hall–Kier alpha value is -1.95. The number of aromatic nitrogens is 2. The molecule has 2 aromatic rings. The standard InChI is InChI=1S/C14H12FN3OS/c15-10-3-1-2-9-11(4-7-20-13(9)10)18-14(19)12-8-16-5-6-17-12/h1-3,5-6,8,11H,4,7H2,(H,18,19). The van der Waals surface area contributed by atoms with Gasteiger partial charge in [-0.05, 0) is 18.1 Å². The second kappa shape index (κ2) is 5.58. The first-order valence-electron chi connectivity index (χ1n) is 6.24. The van der Waals surface area contributed by atoms with Crippen molar-refractivity contribution in [3.05, 3.63) is 53.9 Å². The van der Waals surface area contributed by atoms with Crippen LogP contribution in [0.1, 0.15) is 28.5 Å². The van der Waals surface area contributed by atoms with Crippen LogP contribution in [0.5, 0.6) is 0 Å². The van der Waals surface area contributed by atoms with Gasteiger partial charge < -0.3 is 5.32 Å². The molecule has 0 radical (unpaired) electrons. The largest absolute Gasteiger partial charge is 0.344 e. The maximum atomic E-state index is 13.7. The minimum Gasteiger partial charge on any atom is -0.344 e. The van der Waals surface area contributed by atoms with Gasteiger partial charge >= 0.3 is 0 Å². The van der Waals surface area contributed by atoms with Gasteiger partial charge in [0.2, 0.25) is 0 Å². The van der Waals surface area contributed by atoms with Crippen LogP contribution in [0.4, 0.5) is 4.39 Å². The van der Waals surface area contributed by atoms with E-state index in [1.165, 1.54) is 36.4 Å². The molecule has 0 bridgehead atoms. The molecule has 20 heavy (non-hydrogen) atoms. The normalized spacial score (nSPS) is 17.4. The number of carbonyl (C=O) groups excluding carboxylic acids is 1. The average molecular weight is 289 g/mol. The van der Waals surface area contributed by atoms with Crippen LogP contribution in [-0.4, -0.2) is 21.6 Å². The number of halogens is 1. The lowest BCUT2D eigenvalue weighted by Gasteiger charge is -2.26. The smallest absolute Gasteiger partial charge is 0.271 e. The van der Waals surface area contributed by atoms with Gasteiger partial charge in [0.05, 0.1) is 12.2 Å². The zero-order valence-electron chi connectivity index (χ0n) is 10.5. The molecule has 4 nitrogen and oxygen atoms in total. The van der Waals surface area contributed by atoms with Crippen LogP contribution in [-0.2, 0) is 0 Å². The highest BCUT2D eigenvalue weighted by atomic mass is 32.2. The van der Waals surface area contributed by atoms with Gasteiger partial charge in [-0.25, -0.2) is 9.37 Å². The van der Waals surface area contributed by atoms with Crippen molar-refractivity contribution >= 4 is 17.7 Å². The second-order valence-electron chi connectivity index (χ2n) is 4.41. The Balaban J connectivity index is 1.84. The molecule has 0 aliphatic carbocycles. The van der Waals surface area contributed by atoms with Gasteiger partial charge in [-0.3, -0.25) is 9.78 Å². The summed E-state index contributed by atoms with van der Waals surface area (Å²) in [5, 5.41) is 2.90. The summed E-state index contributed by atoms with van der Waals surface area (Å²) in [7, 11) is 0. The molecule has 1 aromatic heterocycles. The van der Waals surface area contributed by atoms with Gasteiger partial charge in [-0.2, -0.15) is 0 Å². The molecule has 0 fully saturated rings. The molecule has 1 aliphatic rings. The summed E-state index contributed by atoms with van der Waals surface area (Å²) in [6, 6.07) is 4.78. The molecule has 0 saturated carbocycles. The molecule has 102 valence electrons. The number of rotatable bonds is 2. The van der Waals surface area contributed by atoms with Gasteiger partial charge in [0.1, 0.15) is 11.5 Å². The minimum atomic E-state index is -0.287. The van der Waals surface area contributed by atoms with Gasteiger partial charge in [-0.1, -0.05) is 12.1 Å². The van der Waals surface area contributed by atoms with E-state index in [-0.39, 0.29) is 23.5 Å². The van der Waals surface area contributed by atoms with Crippen molar-refractivity contribution in [2.24, 2.45) is 0 Å². The van der Waals surface area contributed by atoms with E-state index in [1.54, 1.807) is 6.07 Å². The van der Waals surface area contributed by atoms with Crippen LogP contribution in [0.25, 0.3) is 0 Å². The Morgan fingerprint density at radius 1 is 1.40 bits per heavy atom. The molecule has 1 N–H and O–H groups in total. The van der Waals surface area contributed by atoms with E-state index in [2.05, 4.69) is 15.3 Å². The second-order valence-corrected chi connectivity index (χ2v) is 5.52. The van der Waals surface area contributed by atoms with Crippen LogP contribution < -0.4 is 5.32 Å². The van der Waals surface area contributed by atoms with Gasteiger partial charge in [0.15, 0.2) is 0 Å². The molecule has 1 atom stereocenters. The Morgan fingerprint density at radius 3 is 3.10 bits per heavy atom. The molecule has 0 spiro atoms. The number of hydrogen-bond donors (Lipinski definition) is 1. The third-order valence-corrected chi connectivity index (χ3v) is 4.29. The average Bonchev–Trinajstić information content (AvgIpc) is 2.49. The Labute approximate surface area is 119 Å². The molecule has 0 saturated heterocycles. The Bertz CT molecular complexity index is 636. The molecule has 3 rings (SSSR count). The number of benzene rings is 1. The Kier molecular flexibility index (Phi) is 3.64. The number of nitrogens with one attached hydrogen (secondary N) is 1. The van der Waals surface area contributed by atoms with E-state index < -0.39 is 0 Å². The van der Waals surface area contributed by atoms with Gasteiger partial charge in [-0.15, -0.1) is 11.8 Å². The predicted molar refractivity (Wildman–Crippen MR) is 74.0 cm³/mol. The zero-order valence-corrected chi connectivity index (χ0v) is 11.4. The lowest BCUT2D eigenvalue weighted by Crippen LogP contribution is -2.31. The van der Waals surface area contributed by atoms with E-state index in [1.807, 2.05) is 6.07 Å². The van der Waals surface area contributed by atoms with E-state index in [0.29, 0.717) is 4.90 Å². The molecule has 2 heterocycles. The quantitative estimate of drug-likeness (QED) is 0.923. The molecule has 1 unspecified atom stereocenters. The van der Waals surface area contributed by atoms with Crippen molar-refractivity contribution in [3.63, 3.8) is 0 Å². The first-order chi connectivity index (χ1) is 9.75. The van der Waals surface area contributed by atoms with Crippen molar-refractivity contribution < 1.29 is 9.18 Å². The summed E-state index contributed by atoms with van der Waals surface area (Å²) in [5.74, 6) is 0.260. The number of thioether (sulfide) groups is 1. The van der Waals surface area contributed by atoms with E-state index in [0.717, 1.165) is 17.7 Å². The highest BCUT2D eigenvalue weighted by Crippen LogP contribution is 2.37. The monoisotopic (exact) mass is 289 g/mol. The third-order valence-electron chi connectivity index (χ3n) is 3.13. The summed E-state index contributed by atoms with van der Waals surface area (Å²) in [4.78, 5) is 20.6. The molecular formula is C14H12FN3OS. The van der Waals surface area contributed by atoms with Gasteiger partial charge in [0.25, 0.3) is 5.91 Å². The summed E-state index contributed by atoms with van der Waals surface area (Å²) >= 11 is 1.49. The first kappa shape index (κ1) is 13.1. The summed E-state index contributed by atoms with van der Waals surface area (Å²) in [6.07, 6.45) is 5.17. The van der Waals surface area contributed by atoms with Crippen LogP contribution in [0.3, 0.4) is 0 Å². The summed E-state index contributed by atoms with van der Waals surface area (Å²) in [6.45, 7) is 0. The maximum absolute atomic E-state index is 13.7. The van der Waals surface area contributed by atoms with Crippen molar-refractivity contribution in [1.29, 1.82) is 0 Å². The maximum Gasteiger partial charge on any atom is 0.271 e. The van der Waals surface area contributed by atoms with E-state index >= 15 is 0 Å². The zero-order chi connectivity index (χ0) is 13.9. The highest BCUT2D eigenvalue weighted by Gasteiger charge is 2.25. The molecule has 1 amide bonds. The Morgan fingerprint density at radius 2 is 2.30 bits per heavy atom. The lowest BCUT2D eigenvalue weighted by atomic mass is 10.0. The van der Waals surface area contributed by atoms with Crippen molar-refractivity contribution in [1.82, 2.24) is 15.3 Å². The van der Waals surface area contributed by atoms with Crippen LogP contribution in [0.2, 0.25) is 0 Å². The third kappa shape index (κ3) is 2.51. The van der Waals surface area contributed by atoms with Crippen LogP contribution in [0.15, 0.2) is 41.7 Å². The number of hydrogen-bond acceptors (Lipinski definition) is 4. The van der Waals surface area contributed by atoms with Gasteiger partial charge in [0, 0.05) is 23.0 Å². The lowest BCUT2D eigenvalue weighted by molar-refractivity contribution is 0.0929.